The van der Waals surface area contributed by atoms with E-state index in [2.05, 4.69) is 27.4 Å². The van der Waals surface area contributed by atoms with Gasteiger partial charge in [-0.1, -0.05) is 31.5 Å². The normalized spacial score (nSPS) is 15.5. The molecule has 1 fully saturated rings. The molecule has 3 rings (SSSR count). The van der Waals surface area contributed by atoms with Gasteiger partial charge in [-0.2, -0.15) is 0 Å². The predicted octanol–water partition coefficient (Wildman–Crippen LogP) is 3.83. The Labute approximate surface area is 171 Å². The van der Waals surface area contributed by atoms with Crippen LogP contribution in [0.15, 0.2) is 34.5 Å². The summed E-state index contributed by atoms with van der Waals surface area (Å²) in [5.74, 6) is 0.147. The predicted molar refractivity (Wildman–Crippen MR) is 116 cm³/mol. The maximum atomic E-state index is 10.6. The molecule has 0 spiro atoms. The summed E-state index contributed by atoms with van der Waals surface area (Å²) in [6, 6.07) is 7.84. The number of para-hydroxylation sites is 1. The summed E-state index contributed by atoms with van der Waals surface area (Å²) >= 11 is 5.27. The number of nitrogens with zero attached hydrogens (tertiary/aromatic N) is 4. The smallest absolute Gasteiger partial charge is 0.220 e. The number of morpholine rings is 1. The van der Waals surface area contributed by atoms with Gasteiger partial charge in [0.15, 0.2) is 5.69 Å². The third-order valence-electron chi connectivity index (χ3n) is 4.92. The van der Waals surface area contributed by atoms with Gasteiger partial charge in [-0.15, -0.1) is 10.2 Å². The van der Waals surface area contributed by atoms with E-state index in [0.717, 1.165) is 76.1 Å². The first-order valence-corrected chi connectivity index (χ1v) is 10.4. The molecule has 8 heteroatoms. The lowest BCUT2D eigenvalue weighted by Gasteiger charge is -2.26. The SMILES string of the molecule is CCCCn1c(O)c(N=NC(=S)NCCCN2CCOCC2)c2ccccc21. The van der Waals surface area contributed by atoms with Crippen molar-refractivity contribution in [1.82, 2.24) is 14.8 Å². The summed E-state index contributed by atoms with van der Waals surface area (Å²) in [5, 5.41) is 23.4. The third kappa shape index (κ3) is 5.27. The third-order valence-corrected chi connectivity index (χ3v) is 5.15. The molecular weight excluding hydrogens is 374 g/mol. The molecule has 2 heterocycles. The number of fused-ring (bicyclic) bond motifs is 1. The number of thiocarbonyl (C=S) groups is 1. The van der Waals surface area contributed by atoms with Crippen LogP contribution in [0.3, 0.4) is 0 Å². The summed E-state index contributed by atoms with van der Waals surface area (Å²) in [4.78, 5) is 2.39. The molecule has 0 aliphatic carbocycles. The van der Waals surface area contributed by atoms with E-state index >= 15 is 0 Å². The number of hydrogen-bond donors (Lipinski definition) is 2. The Kier molecular flexibility index (Phi) is 7.76. The number of unbranched alkanes of at least 4 members (excludes halogenated alkanes) is 1. The minimum Gasteiger partial charge on any atom is -0.493 e. The van der Waals surface area contributed by atoms with Crippen LogP contribution >= 0.6 is 12.2 Å². The molecule has 1 aliphatic heterocycles. The fourth-order valence-electron chi connectivity index (χ4n) is 3.37. The second-order valence-corrected chi connectivity index (χ2v) is 7.32. The minimum atomic E-state index is 0.147. The van der Waals surface area contributed by atoms with Crippen molar-refractivity contribution >= 4 is 33.9 Å². The highest BCUT2D eigenvalue weighted by Gasteiger charge is 2.16. The van der Waals surface area contributed by atoms with Crippen molar-refractivity contribution in [3.8, 4) is 5.88 Å². The Balaban J connectivity index is 1.57. The molecule has 2 aromatic rings. The Morgan fingerprint density at radius 3 is 2.79 bits per heavy atom. The zero-order chi connectivity index (χ0) is 19.8. The Hall–Kier alpha value is -2.03. The number of aromatic nitrogens is 1. The molecule has 152 valence electrons. The van der Waals surface area contributed by atoms with Gasteiger partial charge in [-0.05, 0) is 37.7 Å². The second kappa shape index (κ2) is 10.5. The van der Waals surface area contributed by atoms with Crippen molar-refractivity contribution in [2.24, 2.45) is 10.2 Å². The lowest BCUT2D eigenvalue weighted by Crippen LogP contribution is -2.37. The van der Waals surface area contributed by atoms with E-state index in [1.165, 1.54) is 0 Å². The Bertz CT molecular complexity index is 814. The molecule has 0 saturated carbocycles. The molecule has 1 aromatic heterocycles. The molecular formula is C20H29N5O2S. The number of ether oxygens (including phenoxy) is 1. The number of aromatic hydroxyl groups is 1. The lowest BCUT2D eigenvalue weighted by molar-refractivity contribution is 0.0376. The van der Waals surface area contributed by atoms with Crippen LogP contribution in [0.2, 0.25) is 0 Å². The molecule has 0 radical (unpaired) electrons. The van der Waals surface area contributed by atoms with Crippen LogP contribution in [-0.2, 0) is 11.3 Å². The van der Waals surface area contributed by atoms with E-state index in [9.17, 15) is 5.11 Å². The van der Waals surface area contributed by atoms with E-state index < -0.39 is 0 Å². The lowest BCUT2D eigenvalue weighted by atomic mass is 10.2. The number of aryl methyl sites for hydroxylation is 1. The van der Waals surface area contributed by atoms with Gasteiger partial charge < -0.3 is 19.7 Å². The van der Waals surface area contributed by atoms with Crippen molar-refractivity contribution in [2.45, 2.75) is 32.7 Å². The summed E-state index contributed by atoms with van der Waals surface area (Å²) in [6.07, 6.45) is 3.03. The first-order chi connectivity index (χ1) is 13.7. The van der Waals surface area contributed by atoms with Crippen LogP contribution in [0.4, 0.5) is 5.69 Å². The molecule has 7 nitrogen and oxygen atoms in total. The van der Waals surface area contributed by atoms with Gasteiger partial charge in [0, 0.05) is 31.6 Å². The van der Waals surface area contributed by atoms with Crippen LogP contribution in [0.5, 0.6) is 5.88 Å². The van der Waals surface area contributed by atoms with Crippen molar-refractivity contribution in [3.63, 3.8) is 0 Å². The topological polar surface area (TPSA) is 74.4 Å². The van der Waals surface area contributed by atoms with Crippen LogP contribution in [0, 0.1) is 0 Å². The van der Waals surface area contributed by atoms with E-state index in [0.29, 0.717) is 10.8 Å². The van der Waals surface area contributed by atoms with Gasteiger partial charge in [-0.25, -0.2) is 0 Å². The molecule has 1 saturated heterocycles. The molecule has 0 bridgehead atoms. The number of azo groups is 1. The minimum absolute atomic E-state index is 0.147. The van der Waals surface area contributed by atoms with Gasteiger partial charge in [0.25, 0.3) is 0 Å². The van der Waals surface area contributed by atoms with Crippen LogP contribution in [-0.4, -0.2) is 59.1 Å². The molecule has 0 atom stereocenters. The molecule has 0 unspecified atom stereocenters. The highest BCUT2D eigenvalue weighted by Crippen LogP contribution is 2.38. The van der Waals surface area contributed by atoms with Gasteiger partial charge in [0.05, 0.1) is 18.7 Å². The summed E-state index contributed by atoms with van der Waals surface area (Å²) < 4.78 is 7.25. The Morgan fingerprint density at radius 2 is 2.00 bits per heavy atom. The molecule has 2 N–H and O–H groups in total. The van der Waals surface area contributed by atoms with Crippen LogP contribution < -0.4 is 5.32 Å². The molecule has 1 aromatic carbocycles. The maximum Gasteiger partial charge on any atom is 0.220 e. The fourth-order valence-corrected chi connectivity index (χ4v) is 3.51. The molecule has 1 aliphatic rings. The molecule has 28 heavy (non-hydrogen) atoms. The monoisotopic (exact) mass is 403 g/mol. The van der Waals surface area contributed by atoms with E-state index in [-0.39, 0.29) is 5.88 Å². The number of hydrogen-bond acceptors (Lipinski definition) is 5. The van der Waals surface area contributed by atoms with Gasteiger partial charge in [0.2, 0.25) is 11.0 Å². The summed E-state index contributed by atoms with van der Waals surface area (Å²) in [7, 11) is 0. The Morgan fingerprint density at radius 1 is 1.21 bits per heavy atom. The van der Waals surface area contributed by atoms with Crippen molar-refractivity contribution < 1.29 is 9.84 Å². The largest absolute Gasteiger partial charge is 0.493 e. The first kappa shape index (κ1) is 20.7. The summed E-state index contributed by atoms with van der Waals surface area (Å²) in [6.45, 7) is 8.26. The zero-order valence-corrected chi connectivity index (χ0v) is 17.2. The second-order valence-electron chi connectivity index (χ2n) is 6.93. The van der Waals surface area contributed by atoms with Crippen molar-refractivity contribution in [3.05, 3.63) is 24.3 Å². The van der Waals surface area contributed by atoms with Crippen LogP contribution in [0.25, 0.3) is 10.9 Å². The van der Waals surface area contributed by atoms with Crippen molar-refractivity contribution in [2.75, 3.05) is 39.4 Å². The molecule has 0 amide bonds. The van der Waals surface area contributed by atoms with E-state index in [4.69, 9.17) is 17.0 Å². The first-order valence-electron chi connectivity index (χ1n) is 10.0. The average Bonchev–Trinajstić information content (AvgIpc) is 2.99. The standard InChI is InChI=1S/C20H29N5O2S/c1-2-3-11-25-17-8-5-4-7-16(17)18(19(25)26)22-23-20(28)21-9-6-10-24-12-14-27-15-13-24/h4-5,7-8,26H,2-3,6,9-15H2,1H3,(H,21,28). The van der Waals surface area contributed by atoms with Gasteiger partial charge in [-0.3, -0.25) is 4.90 Å². The fraction of sp³-hybridized carbons (Fsp3) is 0.550. The quantitative estimate of drug-likeness (QED) is 0.398. The average molecular weight is 404 g/mol. The maximum absolute atomic E-state index is 10.6. The number of nitrogens with one attached hydrogen (secondary N) is 1. The highest BCUT2D eigenvalue weighted by atomic mass is 32.1. The number of benzene rings is 1. The number of rotatable bonds is 8. The van der Waals surface area contributed by atoms with Crippen molar-refractivity contribution in [1.29, 1.82) is 0 Å². The zero-order valence-electron chi connectivity index (χ0n) is 16.4. The van der Waals surface area contributed by atoms with Crippen LogP contribution in [0.1, 0.15) is 26.2 Å². The van der Waals surface area contributed by atoms with E-state index in [1.807, 2.05) is 28.8 Å². The summed E-state index contributed by atoms with van der Waals surface area (Å²) in [5.41, 5.74) is 1.44. The van der Waals surface area contributed by atoms with E-state index in [1.54, 1.807) is 0 Å². The highest BCUT2D eigenvalue weighted by molar-refractivity contribution is 7.80. The van der Waals surface area contributed by atoms with Gasteiger partial charge >= 0.3 is 0 Å². The van der Waals surface area contributed by atoms with Gasteiger partial charge in [0.1, 0.15) is 0 Å².